The van der Waals surface area contributed by atoms with E-state index in [4.69, 9.17) is 0 Å². The van der Waals surface area contributed by atoms with Crippen LogP contribution in [-0.2, 0) is 6.18 Å². The normalized spacial score (nSPS) is 14.4. The lowest BCUT2D eigenvalue weighted by atomic mass is 10.2. The van der Waals surface area contributed by atoms with Crippen LogP contribution in [0.2, 0.25) is 0 Å². The zero-order chi connectivity index (χ0) is 16.4. The number of nitrogens with one attached hydrogen (secondary N) is 2. The van der Waals surface area contributed by atoms with Gasteiger partial charge in [-0.25, -0.2) is 0 Å². The highest BCUT2D eigenvalue weighted by molar-refractivity contribution is 6.04. The zero-order valence-corrected chi connectivity index (χ0v) is 12.0. The Balaban J connectivity index is 1.68. The minimum absolute atomic E-state index is 0.295. The summed E-state index contributed by atoms with van der Waals surface area (Å²) in [6.45, 7) is 0. The van der Waals surface area contributed by atoms with Crippen molar-refractivity contribution in [2.45, 2.75) is 25.1 Å². The molecule has 3 rings (SSSR count). The van der Waals surface area contributed by atoms with Gasteiger partial charge in [0.05, 0.1) is 16.8 Å². The molecule has 0 saturated heterocycles. The van der Waals surface area contributed by atoms with Crippen molar-refractivity contribution in [1.82, 2.24) is 4.98 Å². The molecule has 0 spiro atoms. The van der Waals surface area contributed by atoms with E-state index in [0.29, 0.717) is 17.3 Å². The fourth-order valence-corrected chi connectivity index (χ4v) is 2.05. The molecular formula is C16H14F3N3O. The maximum absolute atomic E-state index is 12.5. The highest BCUT2D eigenvalue weighted by Gasteiger charge is 2.30. The van der Waals surface area contributed by atoms with Gasteiger partial charge in [-0.15, -0.1) is 0 Å². The first kappa shape index (κ1) is 15.3. The third-order valence-electron chi connectivity index (χ3n) is 3.42. The van der Waals surface area contributed by atoms with Crippen molar-refractivity contribution in [1.29, 1.82) is 0 Å². The van der Waals surface area contributed by atoms with Crippen LogP contribution in [0, 0.1) is 0 Å². The Morgan fingerprint density at radius 3 is 2.39 bits per heavy atom. The molecule has 1 fully saturated rings. The fraction of sp³-hybridized carbons (Fsp3) is 0.250. The van der Waals surface area contributed by atoms with Crippen LogP contribution in [0.15, 0.2) is 42.7 Å². The monoisotopic (exact) mass is 321 g/mol. The average Bonchev–Trinajstić information content (AvgIpc) is 3.31. The smallest absolute Gasteiger partial charge is 0.381 e. The SMILES string of the molecule is O=C(Nc1ccc(C(F)(F)F)cc1)c1cncc(NC2CC2)c1. The van der Waals surface area contributed by atoms with Gasteiger partial charge in [0, 0.05) is 24.1 Å². The number of hydrogen-bond acceptors (Lipinski definition) is 3. The molecule has 1 heterocycles. The summed E-state index contributed by atoms with van der Waals surface area (Å²) in [6.07, 6.45) is 0.851. The Morgan fingerprint density at radius 1 is 1.09 bits per heavy atom. The number of carbonyl (C=O) groups excluding carboxylic acids is 1. The van der Waals surface area contributed by atoms with Crippen molar-refractivity contribution in [3.63, 3.8) is 0 Å². The summed E-state index contributed by atoms with van der Waals surface area (Å²) in [4.78, 5) is 16.2. The van der Waals surface area contributed by atoms with Gasteiger partial charge < -0.3 is 10.6 Å². The van der Waals surface area contributed by atoms with Crippen molar-refractivity contribution < 1.29 is 18.0 Å². The standard InChI is InChI=1S/C16H14F3N3O/c17-16(18,19)11-1-3-13(4-2-11)22-15(23)10-7-14(9-20-8-10)21-12-5-6-12/h1-4,7-9,12,21H,5-6H2,(H,22,23). The molecule has 4 nitrogen and oxygen atoms in total. The second-order valence-electron chi connectivity index (χ2n) is 5.41. The number of nitrogens with zero attached hydrogens (tertiary/aromatic N) is 1. The zero-order valence-electron chi connectivity index (χ0n) is 12.0. The molecule has 2 N–H and O–H groups in total. The molecule has 0 unspecified atom stereocenters. The van der Waals surface area contributed by atoms with Gasteiger partial charge >= 0.3 is 6.18 Å². The van der Waals surface area contributed by atoms with Crippen molar-refractivity contribution in [2.24, 2.45) is 0 Å². The number of aromatic nitrogens is 1. The maximum atomic E-state index is 12.5. The van der Waals surface area contributed by atoms with E-state index in [2.05, 4.69) is 15.6 Å². The Kier molecular flexibility index (Phi) is 3.94. The molecule has 7 heteroatoms. The Hall–Kier alpha value is -2.57. The van der Waals surface area contributed by atoms with Gasteiger partial charge in [-0.05, 0) is 43.2 Å². The molecule has 1 aliphatic carbocycles. The van der Waals surface area contributed by atoms with Crippen molar-refractivity contribution >= 4 is 17.3 Å². The van der Waals surface area contributed by atoms with E-state index in [1.54, 1.807) is 12.3 Å². The van der Waals surface area contributed by atoms with E-state index in [0.717, 1.165) is 30.7 Å². The number of alkyl halides is 3. The number of hydrogen-bond donors (Lipinski definition) is 2. The van der Waals surface area contributed by atoms with Gasteiger partial charge in [-0.2, -0.15) is 13.2 Å². The summed E-state index contributed by atoms with van der Waals surface area (Å²) in [7, 11) is 0. The molecule has 1 saturated carbocycles. The summed E-state index contributed by atoms with van der Waals surface area (Å²) in [6, 6.07) is 6.41. The first-order chi connectivity index (χ1) is 10.9. The van der Waals surface area contributed by atoms with Gasteiger partial charge in [-0.1, -0.05) is 0 Å². The topological polar surface area (TPSA) is 54.0 Å². The van der Waals surface area contributed by atoms with Crippen molar-refractivity contribution in [3.8, 4) is 0 Å². The second-order valence-corrected chi connectivity index (χ2v) is 5.41. The molecule has 2 aromatic rings. The van der Waals surface area contributed by atoms with Gasteiger partial charge in [0.25, 0.3) is 5.91 Å². The first-order valence-electron chi connectivity index (χ1n) is 7.12. The number of carbonyl (C=O) groups is 1. The van der Waals surface area contributed by atoms with Crippen molar-refractivity contribution in [2.75, 3.05) is 10.6 Å². The molecule has 1 aromatic carbocycles. The first-order valence-corrected chi connectivity index (χ1v) is 7.12. The third-order valence-corrected chi connectivity index (χ3v) is 3.42. The molecule has 1 aromatic heterocycles. The molecule has 1 amide bonds. The van der Waals surface area contributed by atoms with Crippen molar-refractivity contribution in [3.05, 3.63) is 53.9 Å². The van der Waals surface area contributed by atoms with Gasteiger partial charge in [0.1, 0.15) is 0 Å². The van der Waals surface area contributed by atoms with Crippen LogP contribution in [-0.4, -0.2) is 16.9 Å². The predicted octanol–water partition coefficient (Wildman–Crippen LogP) is 3.93. The van der Waals surface area contributed by atoms with Gasteiger partial charge in [0.15, 0.2) is 0 Å². The molecule has 0 atom stereocenters. The summed E-state index contributed by atoms with van der Waals surface area (Å²) >= 11 is 0. The largest absolute Gasteiger partial charge is 0.416 e. The lowest BCUT2D eigenvalue weighted by Gasteiger charge is -2.09. The Labute approximate surface area is 130 Å². The summed E-state index contributed by atoms with van der Waals surface area (Å²) in [5.74, 6) is -0.420. The number of halogens is 3. The average molecular weight is 321 g/mol. The van der Waals surface area contributed by atoms with Crippen LogP contribution in [0.1, 0.15) is 28.8 Å². The van der Waals surface area contributed by atoms with Crippen LogP contribution in [0.5, 0.6) is 0 Å². The summed E-state index contributed by atoms with van der Waals surface area (Å²) in [5.41, 5.74) is 0.638. The lowest BCUT2D eigenvalue weighted by Crippen LogP contribution is -2.13. The van der Waals surface area contributed by atoms with Gasteiger partial charge in [-0.3, -0.25) is 9.78 Å². The van der Waals surface area contributed by atoms with Gasteiger partial charge in [0.2, 0.25) is 0 Å². The highest BCUT2D eigenvalue weighted by atomic mass is 19.4. The second kappa shape index (κ2) is 5.91. The van der Waals surface area contributed by atoms with E-state index in [1.165, 1.54) is 18.3 Å². The number of anilines is 2. The molecule has 0 aliphatic heterocycles. The molecule has 1 aliphatic rings. The number of pyridine rings is 1. The molecular weight excluding hydrogens is 307 g/mol. The number of rotatable bonds is 4. The van der Waals surface area contributed by atoms with Crippen LogP contribution in [0.3, 0.4) is 0 Å². The van der Waals surface area contributed by atoms with Crippen LogP contribution in [0.25, 0.3) is 0 Å². The van der Waals surface area contributed by atoms with E-state index in [1.807, 2.05) is 0 Å². The molecule has 0 bridgehead atoms. The third kappa shape index (κ3) is 4.00. The van der Waals surface area contributed by atoms with Crippen LogP contribution < -0.4 is 10.6 Å². The van der Waals surface area contributed by atoms with Crippen LogP contribution in [0.4, 0.5) is 24.5 Å². The Bertz CT molecular complexity index is 709. The fourth-order valence-electron chi connectivity index (χ4n) is 2.05. The molecule has 120 valence electrons. The number of amides is 1. The number of benzene rings is 1. The van der Waals surface area contributed by atoms with E-state index in [-0.39, 0.29) is 0 Å². The Morgan fingerprint density at radius 2 is 1.78 bits per heavy atom. The molecule has 0 radical (unpaired) electrons. The minimum Gasteiger partial charge on any atom is -0.381 e. The van der Waals surface area contributed by atoms with E-state index < -0.39 is 17.6 Å². The lowest BCUT2D eigenvalue weighted by molar-refractivity contribution is -0.137. The quantitative estimate of drug-likeness (QED) is 0.897. The summed E-state index contributed by atoms with van der Waals surface area (Å²) < 4.78 is 37.5. The van der Waals surface area contributed by atoms with Crippen LogP contribution >= 0.6 is 0 Å². The highest BCUT2D eigenvalue weighted by Crippen LogP contribution is 2.30. The van der Waals surface area contributed by atoms with E-state index in [9.17, 15) is 18.0 Å². The summed E-state index contributed by atoms with van der Waals surface area (Å²) in [5, 5.41) is 5.79. The van der Waals surface area contributed by atoms with E-state index >= 15 is 0 Å². The molecule has 23 heavy (non-hydrogen) atoms. The maximum Gasteiger partial charge on any atom is 0.416 e. The minimum atomic E-state index is -4.39. The predicted molar refractivity (Wildman–Crippen MR) is 80.3 cm³/mol.